The predicted molar refractivity (Wildman–Crippen MR) is 76.0 cm³/mol. The van der Waals surface area contributed by atoms with Crippen LogP contribution in [0.5, 0.6) is 0 Å². The van der Waals surface area contributed by atoms with E-state index in [4.69, 9.17) is 0 Å². The summed E-state index contributed by atoms with van der Waals surface area (Å²) in [6, 6.07) is 8.23. The molecule has 21 heavy (non-hydrogen) atoms. The van der Waals surface area contributed by atoms with E-state index in [1.165, 1.54) is 17.4 Å². The fourth-order valence-electron chi connectivity index (χ4n) is 1.93. The highest BCUT2D eigenvalue weighted by molar-refractivity contribution is 7.10. The summed E-state index contributed by atoms with van der Waals surface area (Å²) < 4.78 is 38.0. The van der Waals surface area contributed by atoms with Crippen molar-refractivity contribution in [1.82, 2.24) is 5.32 Å². The Morgan fingerprint density at radius 2 is 2.05 bits per heavy atom. The van der Waals surface area contributed by atoms with E-state index in [0.29, 0.717) is 5.56 Å². The molecule has 0 saturated carbocycles. The molecule has 1 amide bonds. The minimum atomic E-state index is -4.38. The van der Waals surface area contributed by atoms with E-state index < -0.39 is 17.8 Å². The summed E-state index contributed by atoms with van der Waals surface area (Å²) in [5.74, 6) is -0.206. The molecule has 0 radical (unpaired) electrons. The Morgan fingerprint density at radius 3 is 2.67 bits per heavy atom. The molecule has 1 heterocycles. The SMILES string of the molecule is C[C@H](NC(=O)Cc1cccs1)c1cccc(C(F)(F)F)c1. The predicted octanol–water partition coefficient (Wildman–Crippen LogP) is 4.19. The molecule has 112 valence electrons. The maximum absolute atomic E-state index is 12.7. The van der Waals surface area contributed by atoms with Crippen LogP contribution in [-0.2, 0) is 17.4 Å². The molecule has 0 aliphatic carbocycles. The molecular formula is C15H14F3NOS. The van der Waals surface area contributed by atoms with Gasteiger partial charge in [0.25, 0.3) is 0 Å². The molecule has 2 nitrogen and oxygen atoms in total. The number of thiophene rings is 1. The van der Waals surface area contributed by atoms with Crippen LogP contribution >= 0.6 is 11.3 Å². The molecular weight excluding hydrogens is 299 g/mol. The third-order valence-corrected chi connectivity index (χ3v) is 3.88. The number of benzene rings is 1. The van der Waals surface area contributed by atoms with Gasteiger partial charge in [-0.2, -0.15) is 13.2 Å². The van der Waals surface area contributed by atoms with Crippen LogP contribution < -0.4 is 5.32 Å². The van der Waals surface area contributed by atoms with Crippen molar-refractivity contribution in [1.29, 1.82) is 0 Å². The Hall–Kier alpha value is -1.82. The first-order valence-electron chi connectivity index (χ1n) is 6.35. The molecule has 6 heteroatoms. The third kappa shape index (κ3) is 4.32. The van der Waals surface area contributed by atoms with Crippen molar-refractivity contribution in [2.45, 2.75) is 25.6 Å². The van der Waals surface area contributed by atoms with Crippen LogP contribution in [0, 0.1) is 0 Å². The fourth-order valence-corrected chi connectivity index (χ4v) is 2.64. The van der Waals surface area contributed by atoms with Gasteiger partial charge in [0.1, 0.15) is 0 Å². The molecule has 1 atom stereocenters. The van der Waals surface area contributed by atoms with Crippen molar-refractivity contribution in [3.8, 4) is 0 Å². The van der Waals surface area contributed by atoms with Gasteiger partial charge in [-0.25, -0.2) is 0 Å². The first-order chi connectivity index (χ1) is 9.86. The van der Waals surface area contributed by atoms with Crippen molar-refractivity contribution >= 4 is 17.2 Å². The summed E-state index contributed by atoms with van der Waals surface area (Å²) in [6.07, 6.45) is -4.14. The van der Waals surface area contributed by atoms with Gasteiger partial charge in [-0.3, -0.25) is 4.79 Å². The largest absolute Gasteiger partial charge is 0.416 e. The molecule has 0 aliphatic heterocycles. The van der Waals surface area contributed by atoms with Gasteiger partial charge in [0.05, 0.1) is 18.0 Å². The highest BCUT2D eigenvalue weighted by Crippen LogP contribution is 2.30. The van der Waals surface area contributed by atoms with E-state index >= 15 is 0 Å². The number of hydrogen-bond donors (Lipinski definition) is 1. The van der Waals surface area contributed by atoms with E-state index in [9.17, 15) is 18.0 Å². The molecule has 0 bridgehead atoms. The van der Waals surface area contributed by atoms with Crippen LogP contribution in [0.1, 0.15) is 29.0 Å². The topological polar surface area (TPSA) is 29.1 Å². The van der Waals surface area contributed by atoms with Crippen molar-refractivity contribution < 1.29 is 18.0 Å². The van der Waals surface area contributed by atoms with Gasteiger partial charge in [0, 0.05) is 4.88 Å². The monoisotopic (exact) mass is 313 g/mol. The number of carbonyl (C=O) groups excluding carboxylic acids is 1. The molecule has 0 unspecified atom stereocenters. The minimum absolute atomic E-state index is 0.206. The lowest BCUT2D eigenvalue weighted by molar-refractivity contribution is -0.137. The molecule has 0 aliphatic rings. The average Bonchev–Trinajstić information content (AvgIpc) is 2.90. The standard InChI is InChI=1S/C15H14F3NOS/c1-10(19-14(20)9-13-6-3-7-21-13)11-4-2-5-12(8-11)15(16,17)18/h2-8,10H,9H2,1H3,(H,19,20)/t10-/m0/s1. The van der Waals surface area contributed by atoms with Crippen LogP contribution in [0.15, 0.2) is 41.8 Å². The molecule has 2 rings (SSSR count). The Balaban J connectivity index is 2.03. The van der Waals surface area contributed by atoms with Gasteiger partial charge in [-0.1, -0.05) is 18.2 Å². The summed E-state index contributed by atoms with van der Waals surface area (Å²) >= 11 is 1.47. The van der Waals surface area contributed by atoms with Gasteiger partial charge in [0.2, 0.25) is 5.91 Å². The zero-order chi connectivity index (χ0) is 15.5. The van der Waals surface area contributed by atoms with E-state index in [1.807, 2.05) is 17.5 Å². The number of carbonyl (C=O) groups is 1. The molecule has 0 saturated heterocycles. The summed E-state index contributed by atoms with van der Waals surface area (Å²) in [7, 11) is 0. The Bertz CT molecular complexity index is 608. The Kier molecular flexibility index (Phi) is 4.67. The zero-order valence-corrected chi connectivity index (χ0v) is 12.1. The van der Waals surface area contributed by atoms with Gasteiger partial charge < -0.3 is 5.32 Å². The molecule has 0 fully saturated rings. The maximum Gasteiger partial charge on any atom is 0.416 e. The first kappa shape index (κ1) is 15.6. The molecule has 2 aromatic rings. The van der Waals surface area contributed by atoms with E-state index in [2.05, 4.69) is 5.32 Å². The molecule has 0 spiro atoms. The normalized spacial score (nSPS) is 13.0. The summed E-state index contributed by atoms with van der Waals surface area (Å²) in [4.78, 5) is 12.8. The van der Waals surface area contributed by atoms with Crippen molar-refractivity contribution in [2.24, 2.45) is 0 Å². The van der Waals surface area contributed by atoms with E-state index in [1.54, 1.807) is 13.0 Å². The van der Waals surface area contributed by atoms with Crippen LogP contribution in [0.2, 0.25) is 0 Å². The number of hydrogen-bond acceptors (Lipinski definition) is 2. The second-order valence-corrected chi connectivity index (χ2v) is 5.70. The van der Waals surface area contributed by atoms with E-state index in [0.717, 1.165) is 17.0 Å². The lowest BCUT2D eigenvalue weighted by atomic mass is 10.0. The van der Waals surface area contributed by atoms with Crippen molar-refractivity contribution in [3.63, 3.8) is 0 Å². The maximum atomic E-state index is 12.7. The number of rotatable bonds is 4. The van der Waals surface area contributed by atoms with Gasteiger partial charge in [0.15, 0.2) is 0 Å². The third-order valence-electron chi connectivity index (χ3n) is 3.01. The highest BCUT2D eigenvalue weighted by atomic mass is 32.1. The number of amides is 1. The van der Waals surface area contributed by atoms with Crippen LogP contribution in [0.25, 0.3) is 0 Å². The first-order valence-corrected chi connectivity index (χ1v) is 7.23. The van der Waals surface area contributed by atoms with Crippen molar-refractivity contribution in [2.75, 3.05) is 0 Å². The summed E-state index contributed by atoms with van der Waals surface area (Å²) in [5.41, 5.74) is -0.274. The summed E-state index contributed by atoms with van der Waals surface area (Å²) in [6.45, 7) is 1.67. The van der Waals surface area contributed by atoms with E-state index in [-0.39, 0.29) is 12.3 Å². The quantitative estimate of drug-likeness (QED) is 0.901. The second-order valence-electron chi connectivity index (χ2n) is 4.67. The highest BCUT2D eigenvalue weighted by Gasteiger charge is 2.30. The Morgan fingerprint density at radius 1 is 1.29 bits per heavy atom. The van der Waals surface area contributed by atoms with Gasteiger partial charge in [-0.05, 0) is 36.1 Å². The number of halogens is 3. The van der Waals surface area contributed by atoms with Crippen LogP contribution in [-0.4, -0.2) is 5.91 Å². The fraction of sp³-hybridized carbons (Fsp3) is 0.267. The average molecular weight is 313 g/mol. The molecule has 1 aromatic carbocycles. The van der Waals surface area contributed by atoms with Gasteiger partial charge >= 0.3 is 6.18 Å². The number of alkyl halides is 3. The lowest BCUT2D eigenvalue weighted by Crippen LogP contribution is -2.28. The smallest absolute Gasteiger partial charge is 0.349 e. The molecule has 1 N–H and O–H groups in total. The van der Waals surface area contributed by atoms with Crippen molar-refractivity contribution in [3.05, 3.63) is 57.8 Å². The van der Waals surface area contributed by atoms with Crippen LogP contribution in [0.4, 0.5) is 13.2 Å². The van der Waals surface area contributed by atoms with Crippen LogP contribution in [0.3, 0.4) is 0 Å². The minimum Gasteiger partial charge on any atom is -0.349 e. The molecule has 1 aromatic heterocycles. The zero-order valence-electron chi connectivity index (χ0n) is 11.3. The Labute approximate surface area is 124 Å². The summed E-state index contributed by atoms with van der Waals surface area (Å²) in [5, 5.41) is 4.59. The second kappa shape index (κ2) is 6.30. The van der Waals surface area contributed by atoms with Gasteiger partial charge in [-0.15, -0.1) is 11.3 Å². The lowest BCUT2D eigenvalue weighted by Gasteiger charge is -2.16. The number of nitrogens with one attached hydrogen (secondary N) is 1.